The summed E-state index contributed by atoms with van der Waals surface area (Å²) in [6.07, 6.45) is 0.443. The molecule has 0 aliphatic carbocycles. The Labute approximate surface area is 149 Å². The number of ether oxygens (including phenoxy) is 1. The van der Waals surface area contributed by atoms with Crippen LogP contribution in [0, 0.1) is 5.82 Å². The maximum Gasteiger partial charge on any atom is 0.323 e. The maximum absolute atomic E-state index is 13.9. The first-order chi connectivity index (χ1) is 12.1. The molecule has 0 radical (unpaired) electrons. The molecule has 1 aliphatic rings. The Morgan fingerprint density at radius 2 is 2.12 bits per heavy atom. The van der Waals surface area contributed by atoms with Gasteiger partial charge in [0.1, 0.15) is 11.9 Å². The van der Waals surface area contributed by atoms with Gasteiger partial charge in [0.15, 0.2) is 0 Å². The summed E-state index contributed by atoms with van der Waals surface area (Å²) >= 11 is 1.36. The largest absolute Gasteiger partial charge is 0.468 e. The van der Waals surface area contributed by atoms with Crippen LogP contribution in [0.2, 0.25) is 0 Å². The van der Waals surface area contributed by atoms with Crippen LogP contribution in [0.25, 0.3) is 0 Å². The summed E-state index contributed by atoms with van der Waals surface area (Å²) in [5.41, 5.74) is 0.515. The van der Waals surface area contributed by atoms with Gasteiger partial charge >= 0.3 is 5.97 Å². The van der Waals surface area contributed by atoms with E-state index in [1.807, 2.05) is 16.3 Å². The first-order valence-corrected chi connectivity index (χ1v) is 8.86. The van der Waals surface area contributed by atoms with Crippen molar-refractivity contribution in [1.82, 2.24) is 10.2 Å². The summed E-state index contributed by atoms with van der Waals surface area (Å²) in [7, 11) is 1.33. The summed E-state index contributed by atoms with van der Waals surface area (Å²) in [6, 6.07) is 9.36. The number of carbonyl (C=O) groups excluding carboxylic acids is 2. The van der Waals surface area contributed by atoms with Crippen LogP contribution < -0.4 is 5.32 Å². The zero-order chi connectivity index (χ0) is 17.8. The molecule has 0 bridgehead atoms. The van der Waals surface area contributed by atoms with Crippen molar-refractivity contribution in [2.24, 2.45) is 0 Å². The molecule has 1 saturated heterocycles. The molecule has 1 aliphatic heterocycles. The minimum absolute atomic E-state index is 0.156. The summed E-state index contributed by atoms with van der Waals surface area (Å²) in [6.45, 7) is 0.753. The van der Waals surface area contributed by atoms with Crippen LogP contribution in [0.1, 0.15) is 21.7 Å². The number of hydrogen-bond acceptors (Lipinski definition) is 5. The van der Waals surface area contributed by atoms with E-state index in [1.54, 1.807) is 24.3 Å². The number of thiophene rings is 1. The highest BCUT2D eigenvalue weighted by Gasteiger charge is 2.38. The molecule has 0 unspecified atom stereocenters. The lowest BCUT2D eigenvalue weighted by atomic mass is 10.1. The van der Waals surface area contributed by atoms with E-state index in [4.69, 9.17) is 4.74 Å². The molecule has 0 saturated carbocycles. The Balaban J connectivity index is 1.71. The zero-order valence-corrected chi connectivity index (χ0v) is 14.6. The number of hydrogen-bond donors (Lipinski definition) is 1. The average Bonchev–Trinajstić information content (AvgIpc) is 3.26. The van der Waals surface area contributed by atoms with Crippen LogP contribution in [0.3, 0.4) is 0 Å². The van der Waals surface area contributed by atoms with E-state index >= 15 is 0 Å². The molecule has 1 aromatic carbocycles. The topological polar surface area (TPSA) is 58.6 Å². The molecule has 25 heavy (non-hydrogen) atoms. The van der Waals surface area contributed by atoms with Gasteiger partial charge < -0.3 is 10.1 Å². The molecule has 5 nitrogen and oxygen atoms in total. The summed E-state index contributed by atoms with van der Waals surface area (Å²) in [4.78, 5) is 26.8. The molecule has 1 N–H and O–H groups in total. The number of halogens is 1. The fourth-order valence-corrected chi connectivity index (χ4v) is 3.70. The van der Waals surface area contributed by atoms with Crippen molar-refractivity contribution in [2.75, 3.05) is 13.7 Å². The third-order valence-corrected chi connectivity index (χ3v) is 5.16. The van der Waals surface area contributed by atoms with Crippen molar-refractivity contribution < 1.29 is 18.7 Å². The number of nitrogens with zero attached hydrogens (tertiary/aromatic N) is 1. The number of carbonyl (C=O) groups is 2. The fraction of sp³-hybridized carbons (Fsp3) is 0.333. The van der Waals surface area contributed by atoms with E-state index in [1.165, 1.54) is 24.5 Å². The molecular formula is C18H19FN2O3S. The number of nitrogens with one attached hydrogen (secondary N) is 1. The van der Waals surface area contributed by atoms with Gasteiger partial charge in [0, 0.05) is 24.7 Å². The quantitative estimate of drug-likeness (QED) is 0.830. The predicted octanol–water partition coefficient (Wildman–Crippen LogP) is 2.43. The highest BCUT2D eigenvalue weighted by Crippen LogP contribution is 2.23. The van der Waals surface area contributed by atoms with Crippen LogP contribution in [0.4, 0.5) is 4.39 Å². The van der Waals surface area contributed by atoms with Gasteiger partial charge in [-0.2, -0.15) is 0 Å². The van der Waals surface area contributed by atoms with Gasteiger partial charge in [0.05, 0.1) is 12.0 Å². The van der Waals surface area contributed by atoms with Crippen molar-refractivity contribution in [2.45, 2.75) is 25.0 Å². The molecule has 2 heterocycles. The minimum atomic E-state index is -0.502. The Kier molecular flexibility index (Phi) is 5.45. The van der Waals surface area contributed by atoms with Crippen LogP contribution >= 0.6 is 11.3 Å². The lowest BCUT2D eigenvalue weighted by molar-refractivity contribution is -0.146. The summed E-state index contributed by atoms with van der Waals surface area (Å²) in [5, 5.41) is 4.79. The number of methoxy groups -OCH3 is 1. The van der Waals surface area contributed by atoms with E-state index in [2.05, 4.69) is 5.32 Å². The lowest BCUT2D eigenvalue weighted by Crippen LogP contribution is -2.37. The van der Waals surface area contributed by atoms with E-state index in [-0.39, 0.29) is 30.3 Å². The number of rotatable bonds is 5. The van der Waals surface area contributed by atoms with Crippen molar-refractivity contribution in [3.8, 4) is 0 Å². The van der Waals surface area contributed by atoms with Gasteiger partial charge in [0.2, 0.25) is 0 Å². The Morgan fingerprint density at radius 3 is 2.80 bits per heavy atom. The highest BCUT2D eigenvalue weighted by molar-refractivity contribution is 7.12. The molecule has 1 amide bonds. The molecule has 1 fully saturated rings. The Bertz CT molecular complexity index is 751. The summed E-state index contributed by atoms with van der Waals surface area (Å²) in [5.74, 6) is -0.835. The first-order valence-electron chi connectivity index (χ1n) is 7.98. The van der Waals surface area contributed by atoms with Crippen LogP contribution in [0.5, 0.6) is 0 Å². The molecule has 3 rings (SSSR count). The summed E-state index contributed by atoms with van der Waals surface area (Å²) < 4.78 is 18.8. The Morgan fingerprint density at radius 1 is 1.32 bits per heavy atom. The van der Waals surface area contributed by atoms with Gasteiger partial charge in [-0.1, -0.05) is 24.3 Å². The van der Waals surface area contributed by atoms with Gasteiger partial charge in [-0.15, -0.1) is 11.3 Å². The fourth-order valence-electron chi connectivity index (χ4n) is 3.07. The number of likely N-dealkylation sites (tertiary alicyclic amines) is 1. The van der Waals surface area contributed by atoms with Crippen molar-refractivity contribution in [1.29, 1.82) is 0 Å². The monoisotopic (exact) mass is 362 g/mol. The molecule has 1 aromatic heterocycles. The van der Waals surface area contributed by atoms with Crippen LogP contribution in [-0.2, 0) is 16.1 Å². The van der Waals surface area contributed by atoms with E-state index in [9.17, 15) is 14.0 Å². The van der Waals surface area contributed by atoms with Crippen molar-refractivity contribution in [3.63, 3.8) is 0 Å². The minimum Gasteiger partial charge on any atom is -0.468 e. The number of amides is 1. The Hall–Kier alpha value is -2.25. The second-order valence-corrected chi connectivity index (χ2v) is 6.89. The molecular weight excluding hydrogens is 343 g/mol. The molecule has 132 valence electrons. The smallest absolute Gasteiger partial charge is 0.323 e. The first kappa shape index (κ1) is 17.6. The number of benzene rings is 1. The second-order valence-electron chi connectivity index (χ2n) is 5.94. The molecule has 2 atom stereocenters. The van der Waals surface area contributed by atoms with E-state index in [0.29, 0.717) is 23.4 Å². The maximum atomic E-state index is 13.9. The lowest BCUT2D eigenvalue weighted by Gasteiger charge is -2.22. The average molecular weight is 362 g/mol. The highest BCUT2D eigenvalue weighted by atomic mass is 32.1. The van der Waals surface area contributed by atoms with E-state index in [0.717, 1.165) is 0 Å². The number of esters is 1. The SMILES string of the molecule is COC(=O)[C@@H]1C[C@H](NC(=O)c2cccs2)CN1Cc1ccccc1F. The van der Waals surface area contributed by atoms with Crippen molar-refractivity contribution in [3.05, 3.63) is 58.0 Å². The normalized spacial score (nSPS) is 20.4. The van der Waals surface area contributed by atoms with Crippen molar-refractivity contribution >= 4 is 23.2 Å². The predicted molar refractivity (Wildman–Crippen MR) is 92.8 cm³/mol. The van der Waals surface area contributed by atoms with Crippen LogP contribution in [0.15, 0.2) is 41.8 Å². The van der Waals surface area contributed by atoms with Gasteiger partial charge in [0.25, 0.3) is 5.91 Å². The van der Waals surface area contributed by atoms with Gasteiger partial charge in [-0.05, 0) is 23.9 Å². The third kappa shape index (κ3) is 4.05. The second kappa shape index (κ2) is 7.76. The standard InChI is InChI=1S/C18H19FN2O3S/c1-24-18(23)15-9-13(20-17(22)16-7-4-8-25-16)11-21(15)10-12-5-2-3-6-14(12)19/h2-8,13,15H,9-11H2,1H3,(H,20,22)/t13-,15-/m0/s1. The van der Waals surface area contributed by atoms with Crippen LogP contribution in [-0.4, -0.2) is 42.5 Å². The molecule has 7 heteroatoms. The molecule has 2 aromatic rings. The zero-order valence-electron chi connectivity index (χ0n) is 13.8. The molecule has 0 spiro atoms. The third-order valence-electron chi connectivity index (χ3n) is 4.29. The van der Waals surface area contributed by atoms with E-state index < -0.39 is 6.04 Å². The van der Waals surface area contributed by atoms with Gasteiger partial charge in [-0.25, -0.2) is 4.39 Å². The van der Waals surface area contributed by atoms with Gasteiger partial charge in [-0.3, -0.25) is 14.5 Å².